The van der Waals surface area contributed by atoms with Crippen LogP contribution in [-0.4, -0.2) is 30.4 Å². The Bertz CT molecular complexity index is 565. The van der Waals surface area contributed by atoms with E-state index in [4.69, 9.17) is 16.9 Å². The molecule has 1 atom stereocenters. The van der Waals surface area contributed by atoms with Crippen molar-refractivity contribution < 1.29 is 14.3 Å². The summed E-state index contributed by atoms with van der Waals surface area (Å²) >= 11 is 5.95. The molecule has 0 spiro atoms. The molecular weight excluding hydrogens is 256 g/mol. The average Bonchev–Trinajstić information content (AvgIpc) is 2.63. The summed E-state index contributed by atoms with van der Waals surface area (Å²) in [6.45, 7) is -0.265. The zero-order chi connectivity index (χ0) is 13.3. The van der Waals surface area contributed by atoms with E-state index in [-0.39, 0.29) is 17.1 Å². The van der Waals surface area contributed by atoms with Gasteiger partial charge in [-0.3, -0.25) is 9.59 Å². The summed E-state index contributed by atoms with van der Waals surface area (Å²) in [5.74, 6) is -1.000. The molecule has 1 aliphatic rings. The zero-order valence-corrected chi connectivity index (χ0v) is 10.3. The lowest BCUT2D eigenvalue weighted by Crippen LogP contribution is -2.33. The van der Waals surface area contributed by atoms with Crippen molar-refractivity contribution in [1.29, 1.82) is 5.26 Å². The molecule has 5 nitrogen and oxygen atoms in total. The largest absolute Gasteiger partial charge is 0.468 e. The van der Waals surface area contributed by atoms with Crippen molar-refractivity contribution in [2.45, 2.75) is 6.04 Å². The fraction of sp³-hybridized carbons (Fsp3) is 0.250. The summed E-state index contributed by atoms with van der Waals surface area (Å²) in [7, 11) is 1.23. The summed E-state index contributed by atoms with van der Waals surface area (Å²) in [5, 5.41) is 9.42. The molecule has 0 fully saturated rings. The van der Waals surface area contributed by atoms with Crippen molar-refractivity contribution >= 4 is 23.5 Å². The molecule has 1 unspecified atom stereocenters. The van der Waals surface area contributed by atoms with Gasteiger partial charge < -0.3 is 9.64 Å². The molecule has 1 aromatic rings. The smallest absolute Gasteiger partial charge is 0.325 e. The van der Waals surface area contributed by atoms with Crippen molar-refractivity contribution in [1.82, 2.24) is 4.90 Å². The van der Waals surface area contributed by atoms with Gasteiger partial charge in [-0.05, 0) is 6.07 Å². The molecule has 2 rings (SSSR count). The molecule has 0 saturated heterocycles. The van der Waals surface area contributed by atoms with Crippen LogP contribution in [0.25, 0.3) is 0 Å². The molecule has 0 N–H and O–H groups in total. The van der Waals surface area contributed by atoms with Gasteiger partial charge >= 0.3 is 5.97 Å². The molecule has 6 heteroatoms. The van der Waals surface area contributed by atoms with Gasteiger partial charge in [0.05, 0.1) is 23.8 Å². The second kappa shape index (κ2) is 4.67. The van der Waals surface area contributed by atoms with E-state index < -0.39 is 17.9 Å². The number of rotatable bonds is 2. The van der Waals surface area contributed by atoms with Crippen molar-refractivity contribution in [2.75, 3.05) is 13.7 Å². The first-order chi connectivity index (χ1) is 8.60. The van der Waals surface area contributed by atoms with Crippen molar-refractivity contribution in [3.8, 4) is 6.07 Å². The van der Waals surface area contributed by atoms with E-state index in [1.807, 2.05) is 6.07 Å². The first-order valence-electron chi connectivity index (χ1n) is 5.16. The third kappa shape index (κ3) is 1.81. The Hall–Kier alpha value is -2.06. The number of methoxy groups -OCH3 is 1. The Morgan fingerprint density at radius 2 is 2.33 bits per heavy atom. The van der Waals surface area contributed by atoms with E-state index in [0.29, 0.717) is 5.56 Å². The van der Waals surface area contributed by atoms with Gasteiger partial charge in [-0.15, -0.1) is 0 Å². The van der Waals surface area contributed by atoms with Gasteiger partial charge in [-0.1, -0.05) is 23.7 Å². The molecular formula is C12H9ClN2O3. The Balaban J connectivity index is 2.44. The maximum absolute atomic E-state index is 12.1. The standard InChI is InChI=1S/C12H9ClN2O3/c1-18-10(16)6-15-9(5-14)7-3-2-4-8(13)11(7)12(15)17/h2-4,9H,6H2,1H3. The maximum atomic E-state index is 12.1. The maximum Gasteiger partial charge on any atom is 0.325 e. The van der Waals surface area contributed by atoms with Crippen molar-refractivity contribution in [3.63, 3.8) is 0 Å². The predicted octanol–water partition coefficient (Wildman–Crippen LogP) is 1.53. The number of ether oxygens (including phenoxy) is 1. The summed E-state index contributed by atoms with van der Waals surface area (Å²) in [6, 6.07) is 6.10. The van der Waals surface area contributed by atoms with Crippen LogP contribution in [0.5, 0.6) is 0 Å². The zero-order valence-electron chi connectivity index (χ0n) is 9.51. The van der Waals surface area contributed by atoms with Crippen LogP contribution in [0.4, 0.5) is 0 Å². The highest BCUT2D eigenvalue weighted by molar-refractivity contribution is 6.34. The Labute approximate surface area is 109 Å². The van der Waals surface area contributed by atoms with Gasteiger partial charge in [-0.25, -0.2) is 0 Å². The van der Waals surface area contributed by atoms with Crippen LogP contribution in [0.15, 0.2) is 18.2 Å². The number of hydrogen-bond acceptors (Lipinski definition) is 4. The second-order valence-electron chi connectivity index (χ2n) is 3.74. The van der Waals surface area contributed by atoms with Gasteiger partial charge in [0.25, 0.3) is 5.91 Å². The highest BCUT2D eigenvalue weighted by Crippen LogP contribution is 2.36. The van der Waals surface area contributed by atoms with Crippen LogP contribution >= 0.6 is 11.6 Å². The first-order valence-corrected chi connectivity index (χ1v) is 5.53. The molecule has 0 saturated carbocycles. The van der Waals surface area contributed by atoms with Crippen LogP contribution in [0, 0.1) is 11.3 Å². The number of carbonyl (C=O) groups excluding carboxylic acids is 2. The fourth-order valence-electron chi connectivity index (χ4n) is 1.93. The van der Waals surface area contributed by atoms with Gasteiger partial charge in [-0.2, -0.15) is 5.26 Å². The minimum atomic E-state index is -0.801. The van der Waals surface area contributed by atoms with E-state index in [0.717, 1.165) is 4.90 Å². The Morgan fingerprint density at radius 3 is 2.94 bits per heavy atom. The van der Waals surface area contributed by atoms with E-state index in [9.17, 15) is 9.59 Å². The minimum absolute atomic E-state index is 0.265. The molecule has 0 bridgehead atoms. The van der Waals surface area contributed by atoms with Gasteiger partial charge in [0, 0.05) is 5.56 Å². The average molecular weight is 265 g/mol. The SMILES string of the molecule is COC(=O)CN1C(=O)c2c(Cl)cccc2C1C#N. The number of nitriles is 1. The highest BCUT2D eigenvalue weighted by atomic mass is 35.5. The van der Waals surface area contributed by atoms with Crippen molar-refractivity contribution in [3.05, 3.63) is 34.3 Å². The number of benzene rings is 1. The van der Waals surface area contributed by atoms with Gasteiger partial charge in [0.15, 0.2) is 0 Å². The molecule has 0 aromatic heterocycles. The quantitative estimate of drug-likeness (QED) is 0.760. The highest BCUT2D eigenvalue weighted by Gasteiger charge is 2.39. The monoisotopic (exact) mass is 264 g/mol. The molecule has 92 valence electrons. The number of fused-ring (bicyclic) bond motifs is 1. The minimum Gasteiger partial charge on any atom is -0.468 e. The molecule has 1 heterocycles. The topological polar surface area (TPSA) is 70.4 Å². The second-order valence-corrected chi connectivity index (χ2v) is 4.15. The van der Waals surface area contributed by atoms with Crippen LogP contribution in [-0.2, 0) is 9.53 Å². The van der Waals surface area contributed by atoms with E-state index in [1.54, 1.807) is 18.2 Å². The van der Waals surface area contributed by atoms with E-state index >= 15 is 0 Å². The molecule has 0 radical (unpaired) electrons. The van der Waals surface area contributed by atoms with Crippen molar-refractivity contribution in [2.24, 2.45) is 0 Å². The third-order valence-electron chi connectivity index (χ3n) is 2.78. The number of nitrogens with zero attached hydrogens (tertiary/aromatic N) is 2. The summed E-state index contributed by atoms with van der Waals surface area (Å²) in [4.78, 5) is 24.5. The van der Waals surface area contributed by atoms with E-state index in [1.165, 1.54) is 7.11 Å². The Kier molecular flexibility index (Phi) is 3.21. The molecule has 1 aromatic carbocycles. The van der Waals surface area contributed by atoms with Crippen LogP contribution in [0.2, 0.25) is 5.02 Å². The predicted molar refractivity (Wildman–Crippen MR) is 62.9 cm³/mol. The lowest BCUT2D eigenvalue weighted by molar-refractivity contribution is -0.141. The lowest BCUT2D eigenvalue weighted by Gasteiger charge is -2.18. The number of hydrogen-bond donors (Lipinski definition) is 0. The normalized spacial score (nSPS) is 17.3. The molecule has 1 amide bonds. The molecule has 0 aliphatic carbocycles. The third-order valence-corrected chi connectivity index (χ3v) is 3.09. The van der Waals surface area contributed by atoms with E-state index in [2.05, 4.69) is 4.74 Å². The summed E-state index contributed by atoms with van der Waals surface area (Å²) in [5.41, 5.74) is 0.813. The van der Waals surface area contributed by atoms with Crippen LogP contribution in [0.1, 0.15) is 22.0 Å². The number of amides is 1. The fourth-order valence-corrected chi connectivity index (χ4v) is 2.19. The molecule has 1 aliphatic heterocycles. The summed E-state index contributed by atoms with van der Waals surface area (Å²) in [6.07, 6.45) is 0. The number of carbonyl (C=O) groups is 2. The summed E-state index contributed by atoms with van der Waals surface area (Å²) < 4.78 is 4.51. The Morgan fingerprint density at radius 1 is 1.61 bits per heavy atom. The first kappa shape index (κ1) is 12.4. The number of halogens is 1. The lowest BCUT2D eigenvalue weighted by atomic mass is 10.1. The number of esters is 1. The van der Waals surface area contributed by atoms with Gasteiger partial charge in [0.1, 0.15) is 12.6 Å². The molecule has 18 heavy (non-hydrogen) atoms. The van der Waals surface area contributed by atoms with Crippen LogP contribution in [0.3, 0.4) is 0 Å². The van der Waals surface area contributed by atoms with Gasteiger partial charge in [0.2, 0.25) is 0 Å². The van der Waals surface area contributed by atoms with Crippen LogP contribution < -0.4 is 0 Å².